The maximum Gasteiger partial charge on any atom is 0.322 e. The van der Waals surface area contributed by atoms with Crippen molar-refractivity contribution in [3.8, 4) is 0 Å². The van der Waals surface area contributed by atoms with Gasteiger partial charge in [0.2, 0.25) is 0 Å². The third-order valence-corrected chi connectivity index (χ3v) is 3.34. The Labute approximate surface area is 89.1 Å². The zero-order valence-electron chi connectivity index (χ0n) is 8.25. The number of carboxylic acids is 1. The van der Waals surface area contributed by atoms with Crippen LogP contribution in [0.3, 0.4) is 0 Å². The Morgan fingerprint density at radius 3 is 2.00 bits per heavy atom. The highest BCUT2D eigenvalue weighted by Gasteiger charge is 2.48. The van der Waals surface area contributed by atoms with Gasteiger partial charge in [0.1, 0.15) is 6.04 Å². The van der Waals surface area contributed by atoms with Gasteiger partial charge in [-0.25, -0.2) is 0 Å². The number of aliphatic carboxylic acids is 1. The molecule has 1 aliphatic heterocycles. The van der Waals surface area contributed by atoms with E-state index < -0.39 is 12.0 Å². The summed E-state index contributed by atoms with van der Waals surface area (Å²) in [5.74, 6) is -0.766. The van der Waals surface area contributed by atoms with Gasteiger partial charge in [0.05, 0.1) is 4.87 Å². The lowest BCUT2D eigenvalue weighted by molar-refractivity contribution is -0.140. The van der Waals surface area contributed by atoms with E-state index in [0.29, 0.717) is 0 Å². The fourth-order valence-electron chi connectivity index (χ4n) is 1.63. The summed E-state index contributed by atoms with van der Waals surface area (Å²) < 4.78 is -0.227. The largest absolute Gasteiger partial charge is 0.480 e. The number of halogens is 1. The van der Waals surface area contributed by atoms with Gasteiger partial charge >= 0.3 is 5.97 Å². The summed E-state index contributed by atoms with van der Waals surface area (Å²) in [6, 6.07) is -0.447. The fourth-order valence-corrected chi connectivity index (χ4v) is 3.40. The second kappa shape index (κ2) is 3.67. The Hall–Kier alpha value is 0.0700. The van der Waals surface area contributed by atoms with Crippen molar-refractivity contribution < 1.29 is 9.90 Å². The maximum absolute atomic E-state index is 10.8. The van der Waals surface area contributed by atoms with Crippen LogP contribution in [0.5, 0.6) is 0 Å². The third-order valence-electron chi connectivity index (χ3n) is 1.95. The van der Waals surface area contributed by atoms with Crippen LogP contribution in [-0.4, -0.2) is 26.7 Å². The van der Waals surface area contributed by atoms with E-state index >= 15 is 0 Å². The summed E-state index contributed by atoms with van der Waals surface area (Å²) in [6.45, 7) is 7.92. The van der Waals surface area contributed by atoms with Gasteiger partial charge in [-0.15, -0.1) is 24.2 Å². The molecule has 0 amide bonds. The van der Waals surface area contributed by atoms with Gasteiger partial charge in [-0.3, -0.25) is 10.1 Å². The predicted molar refractivity (Wildman–Crippen MR) is 57.6 cm³/mol. The first-order chi connectivity index (χ1) is 5.25. The maximum atomic E-state index is 10.8. The average Bonchev–Trinajstić information content (AvgIpc) is 1.99. The summed E-state index contributed by atoms with van der Waals surface area (Å²) in [6.07, 6.45) is 0. The second-order valence-electron chi connectivity index (χ2n) is 4.13. The molecule has 1 rings (SSSR count). The first-order valence-corrected chi connectivity index (χ1v) is 4.77. The quantitative estimate of drug-likeness (QED) is 0.714. The van der Waals surface area contributed by atoms with Crippen LogP contribution in [0.4, 0.5) is 0 Å². The molecule has 0 aromatic rings. The molecule has 1 heterocycles. The minimum Gasteiger partial charge on any atom is -0.480 e. The molecule has 0 spiro atoms. The number of hydrogen-bond donors (Lipinski definition) is 2. The molecule has 0 aromatic carbocycles. The van der Waals surface area contributed by atoms with Gasteiger partial charge in [-0.05, 0) is 27.7 Å². The minimum absolute atomic E-state index is 0. The van der Waals surface area contributed by atoms with Crippen molar-refractivity contribution in [2.75, 3.05) is 0 Å². The molecular formula is C8H16ClNO2S. The molecule has 1 atom stereocenters. The van der Waals surface area contributed by atoms with Crippen LogP contribution < -0.4 is 5.32 Å². The zero-order valence-corrected chi connectivity index (χ0v) is 9.88. The van der Waals surface area contributed by atoms with Crippen LogP contribution in [0.15, 0.2) is 0 Å². The number of thioether (sulfide) groups is 1. The van der Waals surface area contributed by atoms with Crippen LogP contribution in [0.1, 0.15) is 27.7 Å². The van der Waals surface area contributed by atoms with E-state index in [9.17, 15) is 4.79 Å². The van der Waals surface area contributed by atoms with E-state index in [1.165, 1.54) is 0 Å². The van der Waals surface area contributed by atoms with E-state index in [4.69, 9.17) is 5.11 Å². The van der Waals surface area contributed by atoms with Crippen molar-refractivity contribution in [2.45, 2.75) is 43.4 Å². The smallest absolute Gasteiger partial charge is 0.322 e. The molecule has 2 N–H and O–H groups in total. The van der Waals surface area contributed by atoms with E-state index in [-0.39, 0.29) is 22.0 Å². The van der Waals surface area contributed by atoms with E-state index in [1.807, 2.05) is 27.7 Å². The normalized spacial score (nSPS) is 29.4. The van der Waals surface area contributed by atoms with Gasteiger partial charge < -0.3 is 5.11 Å². The molecule has 1 fully saturated rings. The minimum atomic E-state index is -0.766. The third kappa shape index (κ3) is 2.76. The Balaban J connectivity index is 0.00000144. The predicted octanol–water partition coefficient (Wildman–Crippen LogP) is 1.71. The summed E-state index contributed by atoms with van der Waals surface area (Å²) in [5.41, 5.74) is 0. The summed E-state index contributed by atoms with van der Waals surface area (Å²) in [5, 5.41) is 12.0. The van der Waals surface area contributed by atoms with Crippen molar-refractivity contribution in [1.29, 1.82) is 0 Å². The van der Waals surface area contributed by atoms with E-state index in [1.54, 1.807) is 11.8 Å². The topological polar surface area (TPSA) is 49.3 Å². The Bertz CT molecular complexity index is 218. The van der Waals surface area contributed by atoms with Crippen LogP contribution in [0, 0.1) is 0 Å². The first-order valence-electron chi connectivity index (χ1n) is 3.95. The summed E-state index contributed by atoms with van der Waals surface area (Å²) in [7, 11) is 0. The van der Waals surface area contributed by atoms with Gasteiger partial charge in [0, 0.05) is 4.75 Å². The van der Waals surface area contributed by atoms with Crippen molar-refractivity contribution in [3.63, 3.8) is 0 Å². The molecule has 1 aliphatic rings. The molecular weight excluding hydrogens is 210 g/mol. The molecule has 5 heteroatoms. The number of nitrogens with one attached hydrogen (secondary N) is 1. The highest BCUT2D eigenvalue weighted by Crippen LogP contribution is 2.43. The lowest BCUT2D eigenvalue weighted by Crippen LogP contribution is -2.46. The van der Waals surface area contributed by atoms with E-state index in [2.05, 4.69) is 5.32 Å². The van der Waals surface area contributed by atoms with Crippen molar-refractivity contribution in [3.05, 3.63) is 0 Å². The Kier molecular flexibility index (Phi) is 3.69. The van der Waals surface area contributed by atoms with E-state index in [0.717, 1.165) is 0 Å². The molecule has 0 radical (unpaired) electrons. The number of hydrogen-bond acceptors (Lipinski definition) is 3. The summed E-state index contributed by atoms with van der Waals surface area (Å²) >= 11 is 1.67. The van der Waals surface area contributed by atoms with Crippen molar-refractivity contribution in [1.82, 2.24) is 5.32 Å². The molecule has 0 bridgehead atoms. The van der Waals surface area contributed by atoms with Crippen molar-refractivity contribution in [2.24, 2.45) is 0 Å². The molecule has 0 aromatic heterocycles. The van der Waals surface area contributed by atoms with Crippen LogP contribution in [0.25, 0.3) is 0 Å². The Morgan fingerprint density at radius 1 is 1.38 bits per heavy atom. The standard InChI is InChI=1S/C8H15NO2S.ClH/c1-7(2)5(6(10)11)9-8(3,4)12-7;/h5,9H,1-4H3,(H,10,11);1H/t5-;/m1./s1. The first kappa shape index (κ1) is 13.1. The number of rotatable bonds is 1. The lowest BCUT2D eigenvalue weighted by atomic mass is 10.0. The molecule has 13 heavy (non-hydrogen) atoms. The van der Waals surface area contributed by atoms with Crippen LogP contribution >= 0.6 is 24.2 Å². The highest BCUT2D eigenvalue weighted by atomic mass is 35.5. The Morgan fingerprint density at radius 2 is 1.85 bits per heavy atom. The second-order valence-corrected chi connectivity index (χ2v) is 6.41. The molecule has 0 saturated carbocycles. The monoisotopic (exact) mass is 225 g/mol. The highest BCUT2D eigenvalue weighted by molar-refractivity contribution is 8.02. The molecule has 78 valence electrons. The molecule has 0 unspecified atom stereocenters. The van der Waals surface area contributed by atoms with Gasteiger partial charge in [-0.1, -0.05) is 0 Å². The SMILES string of the molecule is CC1(C)N[C@H](C(=O)O)C(C)(C)S1.Cl. The van der Waals surface area contributed by atoms with Crippen LogP contribution in [0.2, 0.25) is 0 Å². The molecule has 3 nitrogen and oxygen atoms in total. The van der Waals surface area contributed by atoms with Gasteiger partial charge in [0.25, 0.3) is 0 Å². The lowest BCUT2D eigenvalue weighted by Gasteiger charge is -2.21. The van der Waals surface area contributed by atoms with Gasteiger partial charge in [0.15, 0.2) is 0 Å². The van der Waals surface area contributed by atoms with Crippen LogP contribution in [-0.2, 0) is 4.79 Å². The van der Waals surface area contributed by atoms with Crippen molar-refractivity contribution >= 4 is 30.1 Å². The number of carbonyl (C=O) groups is 1. The zero-order chi connectivity index (χ0) is 9.57. The van der Waals surface area contributed by atoms with Gasteiger partial charge in [-0.2, -0.15) is 0 Å². The molecule has 0 aliphatic carbocycles. The summed E-state index contributed by atoms with van der Waals surface area (Å²) in [4.78, 5) is 10.7. The average molecular weight is 226 g/mol. The fraction of sp³-hybridized carbons (Fsp3) is 0.875. The molecule has 1 saturated heterocycles. The number of carboxylic acid groups (broad SMARTS) is 1.